The van der Waals surface area contributed by atoms with Crippen LogP contribution in [0.15, 0.2) is 36.8 Å². The van der Waals surface area contributed by atoms with Crippen LogP contribution >= 0.6 is 0 Å². The second kappa shape index (κ2) is 12.2. The number of pyridine rings is 1. The predicted octanol–water partition coefficient (Wildman–Crippen LogP) is 8.53. The number of benzene rings is 1. The summed E-state index contributed by atoms with van der Waals surface area (Å²) in [4.78, 5) is 7.07. The predicted molar refractivity (Wildman–Crippen MR) is 184 cm³/mol. The van der Waals surface area contributed by atoms with Gasteiger partial charge in [-0.3, -0.25) is 9.58 Å². The van der Waals surface area contributed by atoms with Crippen LogP contribution in [0.3, 0.4) is 0 Å². The van der Waals surface area contributed by atoms with Gasteiger partial charge in [-0.15, -0.1) is 0 Å². The first-order valence-corrected chi connectivity index (χ1v) is 16.1. The Morgan fingerprint density at radius 1 is 0.864 bits per heavy atom. The van der Waals surface area contributed by atoms with Gasteiger partial charge in [0.25, 0.3) is 0 Å². The number of aromatic nitrogens is 3. The molecule has 1 aliphatic heterocycles. The Morgan fingerprint density at radius 3 is 2.09 bits per heavy atom. The molecule has 4 rings (SSSR count). The molecule has 3 heterocycles. The summed E-state index contributed by atoms with van der Waals surface area (Å²) in [6, 6.07) is 6.86. The van der Waals surface area contributed by atoms with E-state index < -0.39 is 0 Å². The lowest BCUT2D eigenvalue weighted by atomic mass is 9.72. The molecule has 0 atom stereocenters. The van der Waals surface area contributed by atoms with Crippen LogP contribution in [0.4, 0.5) is 5.82 Å². The monoisotopic (exact) mass is 597 g/mol. The van der Waals surface area contributed by atoms with Crippen molar-refractivity contribution in [2.75, 3.05) is 18.8 Å². The molecule has 0 bridgehead atoms. The fourth-order valence-electron chi connectivity index (χ4n) is 6.00. The maximum absolute atomic E-state index is 6.49. The van der Waals surface area contributed by atoms with Gasteiger partial charge >= 0.3 is 0 Å². The smallest absolute Gasteiger partial charge is 0.166 e. The SMILES string of the molecule is CC(C)(C)C#Cc1cc(COc2cc(-c3cnn(C4CCN(C(C)(C)C)CC4)c3)cnc2N)c(C(C)(C)C)c(C(C)(C)C)c1. The van der Waals surface area contributed by atoms with E-state index in [1.807, 2.05) is 18.5 Å². The van der Waals surface area contributed by atoms with Crippen LogP contribution in [0, 0.1) is 17.3 Å². The van der Waals surface area contributed by atoms with E-state index in [0.717, 1.165) is 48.2 Å². The van der Waals surface area contributed by atoms with E-state index in [2.05, 4.69) is 128 Å². The van der Waals surface area contributed by atoms with Crippen molar-refractivity contribution in [2.24, 2.45) is 5.41 Å². The molecule has 0 unspecified atom stereocenters. The second-order valence-electron chi connectivity index (χ2n) is 16.6. The quantitative estimate of drug-likeness (QED) is 0.299. The molecule has 6 nitrogen and oxygen atoms in total. The number of ether oxygens (including phenoxy) is 1. The molecule has 238 valence electrons. The number of nitrogens with two attached hydrogens (primary N) is 1. The third-order valence-corrected chi connectivity index (χ3v) is 8.35. The Balaban J connectivity index is 1.62. The number of likely N-dealkylation sites (tertiary alicyclic amines) is 1. The number of hydrogen-bond acceptors (Lipinski definition) is 5. The van der Waals surface area contributed by atoms with Crippen molar-refractivity contribution in [3.05, 3.63) is 59.0 Å². The van der Waals surface area contributed by atoms with E-state index in [1.54, 1.807) is 0 Å². The van der Waals surface area contributed by atoms with Crippen LogP contribution in [0.5, 0.6) is 5.75 Å². The number of nitrogens with zero attached hydrogens (tertiary/aromatic N) is 4. The Morgan fingerprint density at radius 2 is 1.52 bits per heavy atom. The van der Waals surface area contributed by atoms with Gasteiger partial charge in [0, 0.05) is 53.1 Å². The summed E-state index contributed by atoms with van der Waals surface area (Å²) in [6.45, 7) is 29.4. The van der Waals surface area contributed by atoms with Gasteiger partial charge in [-0.05, 0) is 100 Å². The molecule has 6 heteroatoms. The topological polar surface area (TPSA) is 69.2 Å². The molecule has 0 spiro atoms. The van der Waals surface area contributed by atoms with Crippen LogP contribution in [-0.4, -0.2) is 38.3 Å². The van der Waals surface area contributed by atoms with Crippen molar-refractivity contribution in [2.45, 2.75) is 125 Å². The van der Waals surface area contributed by atoms with Crippen LogP contribution in [0.1, 0.15) is 124 Å². The third-order valence-electron chi connectivity index (χ3n) is 8.35. The third kappa shape index (κ3) is 8.24. The van der Waals surface area contributed by atoms with Crippen LogP contribution in [-0.2, 0) is 17.4 Å². The largest absolute Gasteiger partial charge is 0.485 e. The highest BCUT2D eigenvalue weighted by Crippen LogP contribution is 2.38. The van der Waals surface area contributed by atoms with Gasteiger partial charge in [0.1, 0.15) is 6.61 Å². The van der Waals surface area contributed by atoms with Crippen LogP contribution < -0.4 is 10.5 Å². The molecule has 2 aromatic heterocycles. The molecule has 1 aliphatic rings. The summed E-state index contributed by atoms with van der Waals surface area (Å²) >= 11 is 0. The van der Waals surface area contributed by atoms with Gasteiger partial charge in [0.05, 0.1) is 12.2 Å². The minimum absolute atomic E-state index is 0.0548. The van der Waals surface area contributed by atoms with E-state index in [1.165, 1.54) is 11.1 Å². The molecule has 44 heavy (non-hydrogen) atoms. The van der Waals surface area contributed by atoms with Gasteiger partial charge in [0.2, 0.25) is 0 Å². The Kier molecular flexibility index (Phi) is 9.34. The zero-order chi connectivity index (χ0) is 32.7. The van der Waals surface area contributed by atoms with Gasteiger partial charge < -0.3 is 10.5 Å². The fourth-order valence-corrected chi connectivity index (χ4v) is 6.00. The number of nitrogen functional groups attached to an aromatic ring is 1. The van der Waals surface area contributed by atoms with Crippen molar-refractivity contribution < 1.29 is 4.74 Å². The number of rotatable bonds is 5. The van der Waals surface area contributed by atoms with E-state index in [9.17, 15) is 0 Å². The summed E-state index contributed by atoms with van der Waals surface area (Å²) < 4.78 is 8.61. The summed E-state index contributed by atoms with van der Waals surface area (Å²) in [5, 5.41) is 4.75. The molecule has 0 saturated carbocycles. The lowest BCUT2D eigenvalue weighted by Crippen LogP contribution is -2.46. The summed E-state index contributed by atoms with van der Waals surface area (Å²) in [5.74, 6) is 7.82. The van der Waals surface area contributed by atoms with Gasteiger partial charge in [-0.1, -0.05) is 53.4 Å². The first kappa shape index (κ1) is 33.6. The number of hydrogen-bond donors (Lipinski definition) is 1. The van der Waals surface area contributed by atoms with Crippen molar-refractivity contribution in [1.82, 2.24) is 19.7 Å². The Bertz CT molecular complexity index is 1520. The maximum atomic E-state index is 6.49. The summed E-state index contributed by atoms with van der Waals surface area (Å²) in [7, 11) is 0. The van der Waals surface area contributed by atoms with Gasteiger partial charge in [-0.25, -0.2) is 4.98 Å². The first-order valence-electron chi connectivity index (χ1n) is 16.1. The highest BCUT2D eigenvalue weighted by molar-refractivity contribution is 5.66. The molecule has 0 aliphatic carbocycles. The Labute approximate surface area is 266 Å². The minimum atomic E-state index is -0.0839. The highest BCUT2D eigenvalue weighted by atomic mass is 16.5. The van der Waals surface area contributed by atoms with Gasteiger partial charge in [-0.2, -0.15) is 5.10 Å². The summed E-state index contributed by atoms with van der Waals surface area (Å²) in [5.41, 5.74) is 13.0. The Hall–Kier alpha value is -3.30. The van der Waals surface area contributed by atoms with Crippen molar-refractivity contribution in [3.8, 4) is 28.7 Å². The molecule has 1 fully saturated rings. The molecule has 3 aromatic rings. The molecule has 0 radical (unpaired) electrons. The molecule has 0 amide bonds. The molecule has 1 saturated heterocycles. The standard InChI is InChI=1S/C38H55N5O/c1-35(2,3)16-13-26-19-28(33(37(7,8)9)31(20-26)36(4,5)6)25-44-32-21-27(22-40-34(32)39)29-23-41-43(24-29)30-14-17-42(18-15-30)38(10,11)12/h19-24,30H,14-15,17-18,25H2,1-12H3,(H2,39,40). The average molecular weight is 598 g/mol. The minimum Gasteiger partial charge on any atom is -0.485 e. The fraction of sp³-hybridized carbons (Fsp3) is 0.579. The maximum Gasteiger partial charge on any atom is 0.166 e. The van der Waals surface area contributed by atoms with E-state index in [-0.39, 0.29) is 21.8 Å². The highest BCUT2D eigenvalue weighted by Gasteiger charge is 2.30. The molecular weight excluding hydrogens is 542 g/mol. The lowest BCUT2D eigenvalue weighted by molar-refractivity contribution is 0.0870. The van der Waals surface area contributed by atoms with E-state index >= 15 is 0 Å². The molecule has 1 aromatic carbocycles. The second-order valence-corrected chi connectivity index (χ2v) is 16.6. The van der Waals surface area contributed by atoms with E-state index in [0.29, 0.717) is 24.2 Å². The lowest BCUT2D eigenvalue weighted by Gasteiger charge is -2.40. The van der Waals surface area contributed by atoms with Crippen LogP contribution in [0.25, 0.3) is 11.1 Å². The number of piperidine rings is 1. The summed E-state index contributed by atoms with van der Waals surface area (Å²) in [6.07, 6.45) is 8.07. The molecular formula is C38H55N5O. The van der Waals surface area contributed by atoms with E-state index in [4.69, 9.17) is 15.6 Å². The number of anilines is 1. The van der Waals surface area contributed by atoms with Crippen molar-refractivity contribution in [1.29, 1.82) is 0 Å². The average Bonchev–Trinajstić information content (AvgIpc) is 3.39. The first-order chi connectivity index (χ1) is 20.2. The zero-order valence-corrected chi connectivity index (χ0v) is 29.4. The normalized spacial score (nSPS) is 15.6. The van der Waals surface area contributed by atoms with Crippen LogP contribution in [0.2, 0.25) is 0 Å². The molecule has 2 N–H and O–H groups in total. The van der Waals surface area contributed by atoms with Crippen molar-refractivity contribution >= 4 is 5.82 Å². The zero-order valence-electron chi connectivity index (χ0n) is 29.4. The van der Waals surface area contributed by atoms with Gasteiger partial charge in [0.15, 0.2) is 11.6 Å². The van der Waals surface area contributed by atoms with Crippen molar-refractivity contribution in [3.63, 3.8) is 0 Å².